The number of ether oxygens (including phenoxy) is 3. The van der Waals surface area contributed by atoms with Crippen LogP contribution in [0.1, 0.15) is 348 Å². The Kier molecular flexibility index (Phi) is 62.2. The molecule has 6 heteroatoms. The Labute approximate surface area is 472 Å². The van der Waals surface area contributed by atoms with E-state index in [0.29, 0.717) is 19.3 Å². The normalized spacial score (nSPS) is 12.4. The fraction of sp³-hybridized carbons (Fsp3) is 0.814. The topological polar surface area (TPSA) is 78.9 Å². The second-order valence-electron chi connectivity index (χ2n) is 22.4. The van der Waals surface area contributed by atoms with Crippen LogP contribution < -0.4 is 0 Å². The predicted octanol–water partition coefficient (Wildman–Crippen LogP) is 22.7. The van der Waals surface area contributed by atoms with E-state index in [1.165, 1.54) is 218 Å². The largest absolute Gasteiger partial charge is 0.462 e. The number of carbonyl (C=O) groups excluding carboxylic acids is 3. The van der Waals surface area contributed by atoms with Crippen LogP contribution in [0.15, 0.2) is 60.8 Å². The fourth-order valence-corrected chi connectivity index (χ4v) is 9.79. The molecule has 0 saturated heterocycles. The number of esters is 3. The zero-order valence-electron chi connectivity index (χ0n) is 50.8. The molecule has 0 saturated carbocycles. The van der Waals surface area contributed by atoms with Gasteiger partial charge in [0, 0.05) is 19.3 Å². The molecule has 442 valence electrons. The SMILES string of the molecule is CC/C=C\C/C=C\C/C=C\C/C=C\CCCCCCCCCCC(=O)OC(COC(=O)CCCCCCCCCCCCC/C=C\CCCCCCCCCC)COC(=O)CCCCCCCCCCCCCCCC. The predicted molar refractivity (Wildman–Crippen MR) is 330 cm³/mol. The quantitative estimate of drug-likeness (QED) is 0.0261. The van der Waals surface area contributed by atoms with E-state index >= 15 is 0 Å². The molecule has 0 aliphatic carbocycles. The van der Waals surface area contributed by atoms with Crippen LogP contribution in [0.3, 0.4) is 0 Å². The van der Waals surface area contributed by atoms with Crippen LogP contribution in [-0.2, 0) is 28.6 Å². The highest BCUT2D eigenvalue weighted by atomic mass is 16.6. The van der Waals surface area contributed by atoms with Gasteiger partial charge in [-0.25, -0.2) is 0 Å². The molecule has 0 radical (unpaired) electrons. The summed E-state index contributed by atoms with van der Waals surface area (Å²) < 4.78 is 17.0. The maximum absolute atomic E-state index is 12.9. The summed E-state index contributed by atoms with van der Waals surface area (Å²) >= 11 is 0. The van der Waals surface area contributed by atoms with E-state index in [4.69, 9.17) is 14.2 Å². The summed E-state index contributed by atoms with van der Waals surface area (Å²) in [5.74, 6) is -0.862. The van der Waals surface area contributed by atoms with E-state index in [-0.39, 0.29) is 31.1 Å². The lowest BCUT2D eigenvalue weighted by molar-refractivity contribution is -0.167. The van der Waals surface area contributed by atoms with Crippen LogP contribution in [0, 0.1) is 0 Å². The van der Waals surface area contributed by atoms with Crippen molar-refractivity contribution in [3.63, 3.8) is 0 Å². The van der Waals surface area contributed by atoms with Crippen molar-refractivity contribution >= 4 is 17.9 Å². The molecule has 0 aromatic carbocycles. The average molecular weight is 1060 g/mol. The maximum Gasteiger partial charge on any atom is 0.306 e. The molecule has 0 aliphatic rings. The first-order chi connectivity index (χ1) is 37.5. The van der Waals surface area contributed by atoms with Gasteiger partial charge >= 0.3 is 17.9 Å². The first-order valence-corrected chi connectivity index (χ1v) is 33.3. The number of allylic oxidation sites excluding steroid dienone is 10. The van der Waals surface area contributed by atoms with E-state index < -0.39 is 6.10 Å². The number of carbonyl (C=O) groups is 3. The third-order valence-corrected chi connectivity index (χ3v) is 14.8. The lowest BCUT2D eigenvalue weighted by Gasteiger charge is -2.18. The smallest absolute Gasteiger partial charge is 0.306 e. The molecular weight excluding hydrogens is 937 g/mol. The van der Waals surface area contributed by atoms with Gasteiger partial charge in [-0.3, -0.25) is 14.4 Å². The summed E-state index contributed by atoms with van der Waals surface area (Å²) in [6, 6.07) is 0. The van der Waals surface area contributed by atoms with Crippen molar-refractivity contribution in [3.05, 3.63) is 60.8 Å². The number of hydrogen-bond donors (Lipinski definition) is 0. The zero-order chi connectivity index (χ0) is 55.0. The van der Waals surface area contributed by atoms with E-state index in [9.17, 15) is 14.4 Å². The van der Waals surface area contributed by atoms with Gasteiger partial charge in [0.2, 0.25) is 0 Å². The molecule has 0 fully saturated rings. The van der Waals surface area contributed by atoms with Gasteiger partial charge in [-0.15, -0.1) is 0 Å². The van der Waals surface area contributed by atoms with Crippen LogP contribution in [0.5, 0.6) is 0 Å². The van der Waals surface area contributed by atoms with E-state index in [1.54, 1.807) is 0 Å². The highest BCUT2D eigenvalue weighted by Crippen LogP contribution is 2.17. The van der Waals surface area contributed by atoms with Crippen molar-refractivity contribution in [2.75, 3.05) is 13.2 Å². The van der Waals surface area contributed by atoms with Crippen molar-refractivity contribution in [1.82, 2.24) is 0 Å². The van der Waals surface area contributed by atoms with Gasteiger partial charge < -0.3 is 14.2 Å². The van der Waals surface area contributed by atoms with E-state index in [2.05, 4.69) is 81.5 Å². The second kappa shape index (κ2) is 64.6. The van der Waals surface area contributed by atoms with E-state index in [1.807, 2.05) is 0 Å². The van der Waals surface area contributed by atoms with Crippen molar-refractivity contribution in [1.29, 1.82) is 0 Å². The number of rotatable bonds is 61. The molecule has 76 heavy (non-hydrogen) atoms. The van der Waals surface area contributed by atoms with Gasteiger partial charge in [0.15, 0.2) is 6.10 Å². The van der Waals surface area contributed by atoms with E-state index in [0.717, 1.165) is 89.9 Å². The molecular formula is C70H126O6. The highest BCUT2D eigenvalue weighted by Gasteiger charge is 2.19. The van der Waals surface area contributed by atoms with Crippen LogP contribution >= 0.6 is 0 Å². The van der Waals surface area contributed by atoms with Crippen LogP contribution in [0.25, 0.3) is 0 Å². The molecule has 0 aliphatic heterocycles. The second-order valence-corrected chi connectivity index (χ2v) is 22.4. The summed E-state index contributed by atoms with van der Waals surface area (Å²) in [4.78, 5) is 38.4. The molecule has 0 aromatic heterocycles. The lowest BCUT2D eigenvalue weighted by atomic mass is 10.0. The lowest BCUT2D eigenvalue weighted by Crippen LogP contribution is -2.30. The first kappa shape index (κ1) is 73.1. The molecule has 0 N–H and O–H groups in total. The average Bonchev–Trinajstić information content (AvgIpc) is 3.42. The van der Waals surface area contributed by atoms with Crippen LogP contribution in [0.2, 0.25) is 0 Å². The number of hydrogen-bond acceptors (Lipinski definition) is 6. The third kappa shape index (κ3) is 62.0. The molecule has 0 bridgehead atoms. The summed E-state index contributed by atoms with van der Waals surface area (Å²) in [6.45, 7) is 6.57. The van der Waals surface area contributed by atoms with Crippen molar-refractivity contribution < 1.29 is 28.6 Å². The Hall–Kier alpha value is -2.89. The Morgan fingerprint density at radius 2 is 0.513 bits per heavy atom. The first-order valence-electron chi connectivity index (χ1n) is 33.3. The molecule has 0 rings (SSSR count). The zero-order valence-corrected chi connectivity index (χ0v) is 50.8. The van der Waals surface area contributed by atoms with Gasteiger partial charge in [0.1, 0.15) is 13.2 Å². The molecule has 1 atom stereocenters. The van der Waals surface area contributed by atoms with Gasteiger partial charge in [0.25, 0.3) is 0 Å². The van der Waals surface area contributed by atoms with Gasteiger partial charge in [-0.05, 0) is 83.5 Å². The van der Waals surface area contributed by atoms with Gasteiger partial charge in [-0.1, -0.05) is 306 Å². The monoisotopic (exact) mass is 1060 g/mol. The van der Waals surface area contributed by atoms with Crippen molar-refractivity contribution in [2.24, 2.45) is 0 Å². The summed E-state index contributed by atoms with van der Waals surface area (Å²) in [6.07, 6.45) is 82.3. The molecule has 1 unspecified atom stereocenters. The molecule has 0 heterocycles. The molecule has 0 spiro atoms. The Bertz CT molecular complexity index is 1360. The minimum absolute atomic E-state index is 0.0739. The number of unbranched alkanes of at least 4 members (excludes halogenated alkanes) is 40. The van der Waals surface area contributed by atoms with Crippen molar-refractivity contribution in [3.8, 4) is 0 Å². The fourth-order valence-electron chi connectivity index (χ4n) is 9.79. The minimum Gasteiger partial charge on any atom is -0.462 e. The Morgan fingerprint density at radius 1 is 0.276 bits per heavy atom. The summed E-state index contributed by atoms with van der Waals surface area (Å²) in [7, 11) is 0. The maximum atomic E-state index is 12.9. The molecule has 6 nitrogen and oxygen atoms in total. The van der Waals surface area contributed by atoms with Crippen LogP contribution in [-0.4, -0.2) is 37.2 Å². The molecule has 0 aromatic rings. The molecule has 0 amide bonds. The van der Waals surface area contributed by atoms with Gasteiger partial charge in [0.05, 0.1) is 0 Å². The van der Waals surface area contributed by atoms with Gasteiger partial charge in [-0.2, -0.15) is 0 Å². The summed E-state index contributed by atoms with van der Waals surface area (Å²) in [5.41, 5.74) is 0. The third-order valence-electron chi connectivity index (χ3n) is 14.8. The highest BCUT2D eigenvalue weighted by molar-refractivity contribution is 5.71. The minimum atomic E-state index is -0.778. The Morgan fingerprint density at radius 3 is 0.816 bits per heavy atom. The Balaban J connectivity index is 4.31. The van der Waals surface area contributed by atoms with Crippen molar-refractivity contribution in [2.45, 2.75) is 354 Å². The van der Waals surface area contributed by atoms with Crippen LogP contribution in [0.4, 0.5) is 0 Å². The summed E-state index contributed by atoms with van der Waals surface area (Å²) in [5, 5.41) is 0. The standard InChI is InChI=1S/C70H126O6/c1-4-7-10-13-16-19-22-25-28-30-32-34-35-37-38-40-42-45-48-51-54-57-60-63-69(72)75-66-67(65-74-68(71)62-59-56-53-50-47-44-27-24-21-18-15-12-9-6-3)76-70(73)64-61-58-55-52-49-46-43-41-39-36-33-31-29-26-23-20-17-14-11-8-5-2/h8,11,17,20,26,29-30,32-33,36,67H,4-7,9-10,12-16,18-19,21-25,27-28,31,34-35,37-66H2,1-3H3/b11-8-,20-17-,29-26-,32-30-,36-33-.